The summed E-state index contributed by atoms with van der Waals surface area (Å²) >= 11 is 0. The highest BCUT2D eigenvalue weighted by atomic mass is 16.2. The Kier molecular flexibility index (Phi) is 6.13. The van der Waals surface area contributed by atoms with E-state index in [2.05, 4.69) is 33.5 Å². The van der Waals surface area contributed by atoms with Crippen molar-refractivity contribution in [1.29, 1.82) is 0 Å². The first-order valence-corrected chi connectivity index (χ1v) is 10.9. The summed E-state index contributed by atoms with van der Waals surface area (Å²) in [5.41, 5.74) is 3.35. The molecule has 4 heterocycles. The largest absolute Gasteiger partial charge is 0.366 e. The summed E-state index contributed by atoms with van der Waals surface area (Å²) < 4.78 is 1.93. The summed E-state index contributed by atoms with van der Waals surface area (Å²) in [5.74, 6) is 1.15. The number of hydrogen-bond donors (Lipinski definition) is 0. The molecule has 2 aromatic heterocycles. The van der Waals surface area contributed by atoms with E-state index in [0.717, 1.165) is 69.3 Å². The van der Waals surface area contributed by atoms with Crippen LogP contribution in [0.3, 0.4) is 0 Å². The van der Waals surface area contributed by atoms with E-state index >= 15 is 0 Å². The number of pyridine rings is 1. The molecule has 0 N–H and O–H groups in total. The van der Waals surface area contributed by atoms with Gasteiger partial charge in [0.15, 0.2) is 5.82 Å². The predicted molar refractivity (Wildman–Crippen MR) is 115 cm³/mol. The van der Waals surface area contributed by atoms with Crippen molar-refractivity contribution in [3.8, 4) is 5.82 Å². The molecule has 7 nitrogen and oxygen atoms in total. The zero-order chi connectivity index (χ0) is 20.2. The quantitative estimate of drug-likeness (QED) is 0.794. The van der Waals surface area contributed by atoms with Crippen LogP contribution in [0.15, 0.2) is 24.4 Å². The third-order valence-corrected chi connectivity index (χ3v) is 6.13. The van der Waals surface area contributed by atoms with Gasteiger partial charge in [0.25, 0.3) is 0 Å². The molecule has 7 heteroatoms. The number of likely N-dealkylation sites (tertiary alicyclic amines) is 1. The molecule has 0 bridgehead atoms. The molecule has 0 aromatic carbocycles. The SMILES string of the molecule is Cc1nn(-c2ccccn2)c(C)c1N1CCN(CC(=O)N2CCCCCC2)CC1. The minimum atomic E-state index is 0.302. The van der Waals surface area contributed by atoms with Gasteiger partial charge in [-0.05, 0) is 38.8 Å². The number of hydrogen-bond acceptors (Lipinski definition) is 5. The van der Waals surface area contributed by atoms with E-state index in [0.29, 0.717) is 12.5 Å². The number of nitrogens with zero attached hydrogens (tertiary/aromatic N) is 6. The summed E-state index contributed by atoms with van der Waals surface area (Å²) in [5, 5.41) is 4.73. The van der Waals surface area contributed by atoms with Crippen molar-refractivity contribution in [2.45, 2.75) is 39.5 Å². The minimum Gasteiger partial charge on any atom is -0.366 e. The van der Waals surface area contributed by atoms with E-state index in [4.69, 9.17) is 5.10 Å². The van der Waals surface area contributed by atoms with Gasteiger partial charge in [-0.1, -0.05) is 18.9 Å². The maximum Gasteiger partial charge on any atom is 0.236 e. The molecule has 156 valence electrons. The molecule has 0 radical (unpaired) electrons. The number of aromatic nitrogens is 3. The second kappa shape index (κ2) is 8.95. The first kappa shape index (κ1) is 19.9. The Bertz CT molecular complexity index is 817. The van der Waals surface area contributed by atoms with Gasteiger partial charge in [-0.2, -0.15) is 5.10 Å². The van der Waals surface area contributed by atoms with E-state index in [-0.39, 0.29) is 0 Å². The number of piperazine rings is 1. The molecular weight excluding hydrogens is 364 g/mol. The monoisotopic (exact) mass is 396 g/mol. The molecule has 4 rings (SSSR count). The molecule has 0 spiro atoms. The number of carbonyl (C=O) groups is 1. The number of anilines is 1. The van der Waals surface area contributed by atoms with Gasteiger partial charge in [0.1, 0.15) is 0 Å². The molecule has 0 unspecified atom stereocenters. The van der Waals surface area contributed by atoms with Crippen molar-refractivity contribution in [1.82, 2.24) is 24.6 Å². The van der Waals surface area contributed by atoms with Gasteiger partial charge in [-0.15, -0.1) is 0 Å². The lowest BCUT2D eigenvalue weighted by Gasteiger charge is -2.36. The highest BCUT2D eigenvalue weighted by Gasteiger charge is 2.25. The van der Waals surface area contributed by atoms with Crippen LogP contribution in [0.1, 0.15) is 37.1 Å². The first-order valence-electron chi connectivity index (χ1n) is 10.9. The molecule has 2 aromatic rings. The predicted octanol–water partition coefficient (Wildman–Crippen LogP) is 2.41. The zero-order valence-electron chi connectivity index (χ0n) is 17.7. The van der Waals surface area contributed by atoms with E-state index < -0.39 is 0 Å². The molecule has 2 aliphatic rings. The van der Waals surface area contributed by atoms with Crippen LogP contribution < -0.4 is 4.90 Å². The maximum absolute atomic E-state index is 12.7. The van der Waals surface area contributed by atoms with Crippen LogP contribution in [0.5, 0.6) is 0 Å². The lowest BCUT2D eigenvalue weighted by molar-refractivity contribution is -0.132. The number of aryl methyl sites for hydroxylation is 1. The van der Waals surface area contributed by atoms with Crippen LogP contribution in [0, 0.1) is 13.8 Å². The summed E-state index contributed by atoms with van der Waals surface area (Å²) in [6.45, 7) is 10.3. The van der Waals surface area contributed by atoms with E-state index in [9.17, 15) is 4.79 Å². The van der Waals surface area contributed by atoms with Crippen LogP contribution in [0.2, 0.25) is 0 Å². The van der Waals surface area contributed by atoms with Gasteiger partial charge in [0.05, 0.1) is 23.6 Å². The van der Waals surface area contributed by atoms with Gasteiger partial charge in [-0.25, -0.2) is 9.67 Å². The Morgan fingerprint density at radius 3 is 2.34 bits per heavy atom. The van der Waals surface area contributed by atoms with Crippen molar-refractivity contribution in [2.24, 2.45) is 0 Å². The Hall–Kier alpha value is -2.41. The standard InChI is InChI=1S/C22H32N6O/c1-18-22(19(2)28(24-18)20-9-5-6-10-23-20)27-15-13-25(14-16-27)17-21(29)26-11-7-3-4-8-12-26/h5-6,9-10H,3-4,7-8,11-17H2,1-2H3. The third kappa shape index (κ3) is 4.45. The van der Waals surface area contributed by atoms with Crippen LogP contribution in [0.25, 0.3) is 5.82 Å². The van der Waals surface area contributed by atoms with E-state index in [1.54, 1.807) is 6.20 Å². The van der Waals surface area contributed by atoms with Gasteiger partial charge in [0.2, 0.25) is 5.91 Å². The summed E-state index contributed by atoms with van der Waals surface area (Å²) in [4.78, 5) is 23.9. The fourth-order valence-electron chi connectivity index (χ4n) is 4.54. The number of amides is 1. The third-order valence-electron chi connectivity index (χ3n) is 6.13. The van der Waals surface area contributed by atoms with E-state index in [1.165, 1.54) is 18.5 Å². The summed E-state index contributed by atoms with van der Waals surface area (Å²) in [7, 11) is 0. The number of rotatable bonds is 4. The van der Waals surface area contributed by atoms with Crippen molar-refractivity contribution in [3.63, 3.8) is 0 Å². The minimum absolute atomic E-state index is 0.302. The lowest BCUT2D eigenvalue weighted by Crippen LogP contribution is -2.50. The van der Waals surface area contributed by atoms with Gasteiger partial charge < -0.3 is 9.80 Å². The van der Waals surface area contributed by atoms with Crippen molar-refractivity contribution in [3.05, 3.63) is 35.8 Å². The van der Waals surface area contributed by atoms with Crippen LogP contribution >= 0.6 is 0 Å². The van der Waals surface area contributed by atoms with Crippen molar-refractivity contribution < 1.29 is 4.79 Å². The highest BCUT2D eigenvalue weighted by Crippen LogP contribution is 2.27. The molecule has 2 fully saturated rings. The second-order valence-corrected chi connectivity index (χ2v) is 8.18. The molecule has 2 saturated heterocycles. The second-order valence-electron chi connectivity index (χ2n) is 8.18. The molecular formula is C22H32N6O. The zero-order valence-corrected chi connectivity index (χ0v) is 17.7. The smallest absolute Gasteiger partial charge is 0.236 e. The summed E-state index contributed by atoms with van der Waals surface area (Å²) in [6.07, 6.45) is 6.61. The van der Waals surface area contributed by atoms with Crippen LogP contribution in [-0.4, -0.2) is 76.3 Å². The first-order chi connectivity index (χ1) is 14.1. The average molecular weight is 397 g/mol. The van der Waals surface area contributed by atoms with Crippen LogP contribution in [-0.2, 0) is 4.79 Å². The Labute approximate surface area is 173 Å². The van der Waals surface area contributed by atoms with Crippen LogP contribution in [0.4, 0.5) is 5.69 Å². The van der Waals surface area contributed by atoms with E-state index in [1.807, 2.05) is 22.9 Å². The molecule has 29 heavy (non-hydrogen) atoms. The average Bonchev–Trinajstić information content (AvgIpc) is 2.92. The lowest BCUT2D eigenvalue weighted by atomic mass is 10.2. The van der Waals surface area contributed by atoms with Crippen molar-refractivity contribution in [2.75, 3.05) is 50.7 Å². The van der Waals surface area contributed by atoms with Gasteiger partial charge in [0, 0.05) is 45.5 Å². The van der Waals surface area contributed by atoms with Crippen molar-refractivity contribution >= 4 is 11.6 Å². The molecule has 1 amide bonds. The van der Waals surface area contributed by atoms with Gasteiger partial charge >= 0.3 is 0 Å². The highest BCUT2D eigenvalue weighted by molar-refractivity contribution is 5.78. The molecule has 0 atom stereocenters. The fourth-order valence-corrected chi connectivity index (χ4v) is 4.54. The molecule has 2 aliphatic heterocycles. The fraction of sp³-hybridized carbons (Fsp3) is 0.591. The molecule has 0 saturated carbocycles. The normalized spacial score (nSPS) is 18.7. The Morgan fingerprint density at radius 2 is 1.69 bits per heavy atom. The van der Waals surface area contributed by atoms with Gasteiger partial charge in [-0.3, -0.25) is 9.69 Å². The number of carbonyl (C=O) groups excluding carboxylic acids is 1. The Balaban J connectivity index is 1.37. The maximum atomic E-state index is 12.7. The summed E-state index contributed by atoms with van der Waals surface area (Å²) in [6, 6.07) is 5.89. The molecule has 0 aliphatic carbocycles. The Morgan fingerprint density at radius 1 is 0.966 bits per heavy atom. The topological polar surface area (TPSA) is 57.5 Å².